The standard InChI is InChI=1S/C41H43ClN4O3S/c1-3-22-46(23-4-2)50(49)36-20-16-32(17-21-36)40(47)43-38-29-34-13-9-8-12-33(34)28-37(38)41(48)45-26-24-44(25-27-45)39(30-10-6-5-7-11-30)31-14-18-35(42)19-15-31/h5-21,28-29,39H,3-4,22-27H2,1-2H3,(H,43,47). The highest BCUT2D eigenvalue weighted by Gasteiger charge is 2.30. The number of carbonyl (C=O) groups is 2. The van der Waals surface area contributed by atoms with Crippen molar-refractivity contribution in [3.05, 3.63) is 143 Å². The van der Waals surface area contributed by atoms with Gasteiger partial charge in [-0.25, -0.2) is 8.51 Å². The number of halogens is 1. The molecule has 1 aliphatic heterocycles. The van der Waals surface area contributed by atoms with Crippen LogP contribution in [0.2, 0.25) is 5.02 Å². The lowest BCUT2D eigenvalue weighted by Crippen LogP contribution is -2.50. The van der Waals surface area contributed by atoms with Gasteiger partial charge in [-0.1, -0.05) is 92.2 Å². The van der Waals surface area contributed by atoms with Crippen molar-refractivity contribution in [1.29, 1.82) is 0 Å². The van der Waals surface area contributed by atoms with Crippen molar-refractivity contribution in [2.45, 2.75) is 37.6 Å². The molecule has 9 heteroatoms. The van der Waals surface area contributed by atoms with E-state index in [0.717, 1.165) is 42.3 Å². The smallest absolute Gasteiger partial charge is 0.256 e. The Balaban J connectivity index is 1.21. The van der Waals surface area contributed by atoms with Gasteiger partial charge in [-0.15, -0.1) is 0 Å². The molecular formula is C41H43ClN4O3S. The molecule has 2 unspecified atom stereocenters. The van der Waals surface area contributed by atoms with E-state index in [1.165, 1.54) is 5.56 Å². The second kappa shape index (κ2) is 16.6. The maximum Gasteiger partial charge on any atom is 0.256 e. The summed E-state index contributed by atoms with van der Waals surface area (Å²) >= 11 is 6.23. The number of nitrogens with zero attached hydrogens (tertiary/aromatic N) is 3. The summed E-state index contributed by atoms with van der Waals surface area (Å²) in [6.45, 7) is 8.09. The zero-order valence-electron chi connectivity index (χ0n) is 28.6. The number of benzene rings is 5. The summed E-state index contributed by atoms with van der Waals surface area (Å²) < 4.78 is 15.2. The highest BCUT2D eigenvalue weighted by Crippen LogP contribution is 2.32. The van der Waals surface area contributed by atoms with Crippen molar-refractivity contribution in [2.75, 3.05) is 44.6 Å². The highest BCUT2D eigenvalue weighted by atomic mass is 35.5. The number of hydrogen-bond donors (Lipinski definition) is 1. The fourth-order valence-corrected chi connectivity index (χ4v) is 8.10. The van der Waals surface area contributed by atoms with Crippen LogP contribution in [-0.2, 0) is 11.0 Å². The van der Waals surface area contributed by atoms with Crippen LogP contribution in [0.3, 0.4) is 0 Å². The fourth-order valence-electron chi connectivity index (χ4n) is 6.61. The first-order valence-corrected chi connectivity index (χ1v) is 18.8. The van der Waals surface area contributed by atoms with E-state index in [9.17, 15) is 13.8 Å². The Morgan fingerprint density at radius 2 is 1.34 bits per heavy atom. The molecule has 1 N–H and O–H groups in total. The van der Waals surface area contributed by atoms with Crippen LogP contribution in [0.5, 0.6) is 0 Å². The minimum atomic E-state index is -1.30. The van der Waals surface area contributed by atoms with Crippen LogP contribution in [-0.4, -0.2) is 69.4 Å². The maximum atomic E-state index is 14.2. The van der Waals surface area contributed by atoms with Crippen molar-refractivity contribution in [1.82, 2.24) is 14.1 Å². The van der Waals surface area contributed by atoms with Crippen molar-refractivity contribution in [3.8, 4) is 0 Å². The summed E-state index contributed by atoms with van der Waals surface area (Å²) in [5.41, 5.74) is 3.69. The molecule has 1 heterocycles. The number of hydrogen-bond acceptors (Lipinski definition) is 4. The lowest BCUT2D eigenvalue weighted by molar-refractivity contribution is 0.0598. The van der Waals surface area contributed by atoms with Crippen molar-refractivity contribution < 1.29 is 13.8 Å². The summed E-state index contributed by atoms with van der Waals surface area (Å²) in [6, 6.07) is 36.9. The Morgan fingerprint density at radius 1 is 0.760 bits per heavy atom. The largest absolute Gasteiger partial charge is 0.336 e. The average Bonchev–Trinajstić information content (AvgIpc) is 3.15. The third-order valence-electron chi connectivity index (χ3n) is 9.13. The van der Waals surface area contributed by atoms with Gasteiger partial charge >= 0.3 is 0 Å². The summed E-state index contributed by atoms with van der Waals surface area (Å²) in [6.07, 6.45) is 1.82. The van der Waals surface area contributed by atoms with E-state index in [0.29, 0.717) is 52.9 Å². The van der Waals surface area contributed by atoms with E-state index in [1.807, 2.05) is 63.8 Å². The van der Waals surface area contributed by atoms with Gasteiger partial charge < -0.3 is 10.2 Å². The topological polar surface area (TPSA) is 73.0 Å². The van der Waals surface area contributed by atoms with Crippen molar-refractivity contribution in [2.24, 2.45) is 0 Å². The normalized spacial score (nSPS) is 14.8. The second-order valence-corrected chi connectivity index (χ2v) is 14.5. The molecule has 7 nitrogen and oxygen atoms in total. The highest BCUT2D eigenvalue weighted by molar-refractivity contribution is 7.82. The Hall–Kier alpha value is -4.34. The van der Waals surface area contributed by atoms with Gasteiger partial charge in [-0.3, -0.25) is 14.5 Å². The first-order valence-electron chi connectivity index (χ1n) is 17.3. The van der Waals surface area contributed by atoms with E-state index >= 15 is 0 Å². The Labute approximate surface area is 302 Å². The zero-order valence-corrected chi connectivity index (χ0v) is 30.1. The van der Waals surface area contributed by atoms with E-state index in [4.69, 9.17) is 11.6 Å². The summed E-state index contributed by atoms with van der Waals surface area (Å²) in [7, 11) is -1.30. The number of fused-ring (bicyclic) bond motifs is 1. The molecule has 6 rings (SSSR count). The predicted molar refractivity (Wildman–Crippen MR) is 204 cm³/mol. The lowest BCUT2D eigenvalue weighted by Gasteiger charge is -2.40. The minimum absolute atomic E-state index is 0.0337. The molecule has 1 saturated heterocycles. The first kappa shape index (κ1) is 35.5. The number of amides is 2. The number of nitrogens with one attached hydrogen (secondary N) is 1. The van der Waals surface area contributed by atoms with Crippen LogP contribution in [0.25, 0.3) is 10.8 Å². The van der Waals surface area contributed by atoms with Crippen LogP contribution in [0.4, 0.5) is 5.69 Å². The number of piperazine rings is 1. The number of rotatable bonds is 12. The Kier molecular flexibility index (Phi) is 11.8. The SMILES string of the molecule is CCCN(CCC)S(=O)c1ccc(C(=O)Nc2cc3ccccc3cc2C(=O)N2CCN(C(c3ccccc3)c3ccc(Cl)cc3)CC2)cc1. The molecule has 0 spiro atoms. The van der Waals surface area contributed by atoms with Gasteiger partial charge in [0, 0.05) is 49.9 Å². The molecule has 2 amide bonds. The molecular weight excluding hydrogens is 664 g/mol. The first-order chi connectivity index (χ1) is 24.4. The van der Waals surface area contributed by atoms with Crippen LogP contribution in [0.15, 0.2) is 120 Å². The number of carbonyl (C=O) groups excluding carboxylic acids is 2. The van der Waals surface area contributed by atoms with E-state index in [1.54, 1.807) is 24.3 Å². The fraction of sp³-hybridized carbons (Fsp3) is 0.268. The van der Waals surface area contributed by atoms with E-state index in [2.05, 4.69) is 60.5 Å². The Bertz CT molecular complexity index is 1940. The van der Waals surface area contributed by atoms with Gasteiger partial charge in [0.1, 0.15) is 11.0 Å². The van der Waals surface area contributed by atoms with Gasteiger partial charge in [0.25, 0.3) is 11.8 Å². The Morgan fingerprint density at radius 3 is 1.96 bits per heavy atom. The maximum absolute atomic E-state index is 14.2. The molecule has 0 saturated carbocycles. The van der Waals surface area contributed by atoms with Crippen molar-refractivity contribution in [3.63, 3.8) is 0 Å². The lowest BCUT2D eigenvalue weighted by atomic mass is 9.96. The molecule has 50 heavy (non-hydrogen) atoms. The van der Waals surface area contributed by atoms with Gasteiger partial charge in [-0.05, 0) is 83.3 Å². The van der Waals surface area contributed by atoms with Crippen LogP contribution in [0, 0.1) is 0 Å². The molecule has 0 bridgehead atoms. The predicted octanol–water partition coefficient (Wildman–Crippen LogP) is 8.44. The van der Waals surface area contributed by atoms with E-state index < -0.39 is 11.0 Å². The summed E-state index contributed by atoms with van der Waals surface area (Å²) in [5.74, 6) is -0.449. The van der Waals surface area contributed by atoms with Crippen LogP contribution in [0.1, 0.15) is 64.6 Å². The second-order valence-electron chi connectivity index (χ2n) is 12.6. The van der Waals surface area contributed by atoms with E-state index in [-0.39, 0.29) is 17.9 Å². The molecule has 258 valence electrons. The molecule has 0 radical (unpaired) electrons. The third-order valence-corrected chi connectivity index (χ3v) is 10.9. The zero-order chi connectivity index (χ0) is 35.0. The van der Waals surface area contributed by atoms with Gasteiger partial charge in [0.2, 0.25) is 0 Å². The van der Waals surface area contributed by atoms with Gasteiger partial charge in [-0.2, -0.15) is 0 Å². The van der Waals surface area contributed by atoms with Gasteiger partial charge in [0.15, 0.2) is 0 Å². The molecule has 0 aliphatic carbocycles. The van der Waals surface area contributed by atoms with Crippen LogP contribution >= 0.6 is 11.6 Å². The quantitative estimate of drug-likeness (QED) is 0.141. The van der Waals surface area contributed by atoms with Crippen molar-refractivity contribution >= 4 is 50.9 Å². The minimum Gasteiger partial charge on any atom is -0.336 e. The monoisotopic (exact) mass is 706 g/mol. The molecule has 1 aliphatic rings. The average molecular weight is 707 g/mol. The summed E-state index contributed by atoms with van der Waals surface area (Å²) in [5, 5.41) is 5.58. The van der Waals surface area contributed by atoms with Gasteiger partial charge in [0.05, 0.1) is 22.2 Å². The van der Waals surface area contributed by atoms with Crippen LogP contribution < -0.4 is 5.32 Å². The summed E-state index contributed by atoms with van der Waals surface area (Å²) in [4.78, 5) is 32.8. The number of anilines is 1. The molecule has 5 aromatic rings. The molecule has 1 fully saturated rings. The third kappa shape index (κ3) is 8.16. The molecule has 5 aromatic carbocycles. The molecule has 2 atom stereocenters. The molecule has 0 aromatic heterocycles.